The maximum atomic E-state index is 10.6. The maximum Gasteiger partial charge on any atom is 0.329 e. The number of aromatic nitrogens is 3. The Morgan fingerprint density at radius 2 is 2.00 bits per heavy atom. The van der Waals surface area contributed by atoms with Crippen LogP contribution in [-0.2, 0) is 16.1 Å². The molecule has 0 aliphatic rings. The van der Waals surface area contributed by atoms with Crippen LogP contribution in [0.5, 0.6) is 5.88 Å². The van der Waals surface area contributed by atoms with Crippen molar-refractivity contribution in [1.82, 2.24) is 14.5 Å². The Labute approximate surface area is 132 Å². The fraction of sp³-hybridized carbons (Fsp3) is 0.188. The minimum Gasteiger partial charge on any atom is -0.481 e. The summed E-state index contributed by atoms with van der Waals surface area (Å²) in [5.41, 5.74) is 1.65. The molecular formula is C16H15N3O4. The Bertz CT molecular complexity index is 844. The van der Waals surface area contributed by atoms with Crippen molar-refractivity contribution in [2.45, 2.75) is 6.61 Å². The van der Waals surface area contributed by atoms with Gasteiger partial charge in [0.05, 0.1) is 18.1 Å². The number of nitrogens with zero attached hydrogens (tertiary/aromatic N) is 3. The molecule has 7 heteroatoms. The van der Waals surface area contributed by atoms with Gasteiger partial charge in [0, 0.05) is 6.07 Å². The molecule has 0 bridgehead atoms. The summed E-state index contributed by atoms with van der Waals surface area (Å²) in [4.78, 5) is 19.5. The number of ether oxygens (including phenoxy) is 2. The number of carboxylic acid groups (broad SMARTS) is 1. The fourth-order valence-electron chi connectivity index (χ4n) is 2.30. The molecule has 2 heterocycles. The molecule has 0 amide bonds. The smallest absolute Gasteiger partial charge is 0.329 e. The van der Waals surface area contributed by atoms with Crippen LogP contribution in [-0.4, -0.2) is 39.3 Å². The van der Waals surface area contributed by atoms with Gasteiger partial charge in [-0.2, -0.15) is 4.98 Å². The van der Waals surface area contributed by atoms with Crippen molar-refractivity contribution < 1.29 is 19.4 Å². The van der Waals surface area contributed by atoms with Gasteiger partial charge in [-0.15, -0.1) is 0 Å². The van der Waals surface area contributed by atoms with Crippen molar-refractivity contribution in [2.75, 3.05) is 13.7 Å². The second-order valence-electron chi connectivity index (χ2n) is 4.78. The van der Waals surface area contributed by atoms with E-state index in [0.29, 0.717) is 17.5 Å². The zero-order valence-electron chi connectivity index (χ0n) is 12.5. The molecule has 3 aromatic rings. The summed E-state index contributed by atoms with van der Waals surface area (Å²) in [6.07, 6.45) is 0. The van der Waals surface area contributed by atoms with E-state index in [4.69, 9.17) is 14.6 Å². The molecule has 0 unspecified atom stereocenters. The van der Waals surface area contributed by atoms with Crippen molar-refractivity contribution in [3.05, 3.63) is 48.3 Å². The summed E-state index contributed by atoms with van der Waals surface area (Å²) in [6.45, 7) is -0.311. The summed E-state index contributed by atoms with van der Waals surface area (Å²) in [7, 11) is 1.55. The number of rotatable bonds is 6. The number of imidazole rings is 1. The molecule has 7 nitrogen and oxygen atoms in total. The van der Waals surface area contributed by atoms with Crippen molar-refractivity contribution in [2.24, 2.45) is 0 Å². The molecule has 1 N–H and O–H groups in total. The summed E-state index contributed by atoms with van der Waals surface area (Å²) >= 11 is 0. The third-order valence-corrected chi connectivity index (χ3v) is 3.23. The number of pyridine rings is 1. The van der Waals surface area contributed by atoms with Crippen LogP contribution in [0.1, 0.15) is 5.82 Å². The van der Waals surface area contributed by atoms with Gasteiger partial charge in [-0.25, -0.2) is 9.78 Å². The number of hydrogen-bond donors (Lipinski definition) is 1. The minimum atomic E-state index is -1.02. The third kappa shape index (κ3) is 3.14. The lowest BCUT2D eigenvalue weighted by molar-refractivity contribution is -0.142. The van der Waals surface area contributed by atoms with Crippen LogP contribution in [0.4, 0.5) is 0 Å². The lowest BCUT2D eigenvalue weighted by Gasteiger charge is -2.09. The average Bonchev–Trinajstić information content (AvgIpc) is 2.92. The Kier molecular flexibility index (Phi) is 4.20. The number of benzene rings is 1. The highest BCUT2D eigenvalue weighted by atomic mass is 16.5. The number of carboxylic acids is 1. The maximum absolute atomic E-state index is 10.6. The zero-order chi connectivity index (χ0) is 16.2. The van der Waals surface area contributed by atoms with Gasteiger partial charge < -0.3 is 14.6 Å². The van der Waals surface area contributed by atoms with Gasteiger partial charge in [0.1, 0.15) is 24.9 Å². The second-order valence-corrected chi connectivity index (χ2v) is 4.78. The molecule has 0 radical (unpaired) electrons. The van der Waals surface area contributed by atoms with E-state index in [2.05, 4.69) is 9.97 Å². The predicted octanol–water partition coefficient (Wildman–Crippen LogP) is 2.03. The number of aliphatic carboxylic acids is 1. The Morgan fingerprint density at radius 1 is 1.17 bits per heavy atom. The molecule has 0 saturated carbocycles. The van der Waals surface area contributed by atoms with Crippen LogP contribution < -0.4 is 4.74 Å². The van der Waals surface area contributed by atoms with E-state index in [1.165, 1.54) is 0 Å². The average molecular weight is 313 g/mol. The summed E-state index contributed by atoms with van der Waals surface area (Å²) in [5, 5.41) is 8.70. The van der Waals surface area contributed by atoms with Gasteiger partial charge in [-0.3, -0.25) is 4.57 Å². The van der Waals surface area contributed by atoms with Crippen molar-refractivity contribution in [1.29, 1.82) is 0 Å². The standard InChI is InChI=1S/C16H15N3O4/c1-22-15-8-4-7-13(18-15)19-12-6-3-2-5-11(12)17-14(19)9-23-10-16(20)21/h2-8H,9-10H2,1H3,(H,20,21). The van der Waals surface area contributed by atoms with Gasteiger partial charge >= 0.3 is 5.97 Å². The van der Waals surface area contributed by atoms with Gasteiger partial charge in [0.25, 0.3) is 0 Å². The molecule has 0 saturated heterocycles. The first-order valence-corrected chi connectivity index (χ1v) is 6.96. The van der Waals surface area contributed by atoms with Crippen LogP contribution in [0.25, 0.3) is 16.9 Å². The van der Waals surface area contributed by atoms with Crippen molar-refractivity contribution in [3.63, 3.8) is 0 Å². The van der Waals surface area contributed by atoms with E-state index in [1.807, 2.05) is 41.0 Å². The number of carbonyl (C=O) groups is 1. The van der Waals surface area contributed by atoms with Crippen LogP contribution in [0.15, 0.2) is 42.5 Å². The van der Waals surface area contributed by atoms with E-state index in [0.717, 1.165) is 11.0 Å². The third-order valence-electron chi connectivity index (χ3n) is 3.23. The number of para-hydroxylation sites is 2. The molecular weight excluding hydrogens is 298 g/mol. The van der Waals surface area contributed by atoms with Crippen LogP contribution in [0.3, 0.4) is 0 Å². The number of methoxy groups -OCH3 is 1. The SMILES string of the molecule is COc1cccc(-n2c(COCC(=O)O)nc3ccccc32)n1. The topological polar surface area (TPSA) is 86.5 Å². The van der Waals surface area contributed by atoms with Crippen molar-refractivity contribution >= 4 is 17.0 Å². The Hall–Kier alpha value is -2.93. The quantitative estimate of drug-likeness (QED) is 0.749. The highest BCUT2D eigenvalue weighted by Gasteiger charge is 2.14. The molecule has 0 spiro atoms. The first kappa shape index (κ1) is 15.0. The van der Waals surface area contributed by atoms with E-state index in [1.54, 1.807) is 13.2 Å². The Morgan fingerprint density at radius 3 is 2.78 bits per heavy atom. The number of hydrogen-bond acceptors (Lipinski definition) is 5. The summed E-state index contributed by atoms with van der Waals surface area (Å²) < 4.78 is 12.2. The molecule has 118 valence electrons. The molecule has 1 aromatic carbocycles. The van der Waals surface area contributed by atoms with E-state index < -0.39 is 5.97 Å². The van der Waals surface area contributed by atoms with Gasteiger partial charge in [0.2, 0.25) is 5.88 Å². The lowest BCUT2D eigenvalue weighted by Crippen LogP contribution is -2.10. The molecule has 2 aromatic heterocycles. The molecule has 0 aliphatic carbocycles. The summed E-state index contributed by atoms with van der Waals surface area (Å²) in [5.74, 6) is 0.671. The first-order chi connectivity index (χ1) is 11.2. The highest BCUT2D eigenvalue weighted by Crippen LogP contribution is 2.22. The van der Waals surface area contributed by atoms with Crippen LogP contribution >= 0.6 is 0 Å². The van der Waals surface area contributed by atoms with E-state index >= 15 is 0 Å². The van der Waals surface area contributed by atoms with E-state index in [9.17, 15) is 4.79 Å². The highest BCUT2D eigenvalue weighted by molar-refractivity contribution is 5.77. The molecule has 23 heavy (non-hydrogen) atoms. The molecule has 0 fully saturated rings. The normalized spacial score (nSPS) is 10.8. The lowest BCUT2D eigenvalue weighted by atomic mass is 10.3. The second kappa shape index (κ2) is 6.45. The van der Waals surface area contributed by atoms with E-state index in [-0.39, 0.29) is 13.2 Å². The molecule has 0 atom stereocenters. The first-order valence-electron chi connectivity index (χ1n) is 6.96. The fourth-order valence-corrected chi connectivity index (χ4v) is 2.30. The van der Waals surface area contributed by atoms with Gasteiger partial charge in [-0.05, 0) is 18.2 Å². The largest absolute Gasteiger partial charge is 0.481 e. The van der Waals surface area contributed by atoms with Crippen LogP contribution in [0, 0.1) is 0 Å². The minimum absolute atomic E-state index is 0.0693. The van der Waals surface area contributed by atoms with Gasteiger partial charge in [0.15, 0.2) is 0 Å². The predicted molar refractivity (Wildman–Crippen MR) is 82.7 cm³/mol. The van der Waals surface area contributed by atoms with Gasteiger partial charge in [-0.1, -0.05) is 18.2 Å². The zero-order valence-corrected chi connectivity index (χ0v) is 12.5. The number of fused-ring (bicyclic) bond motifs is 1. The Balaban J connectivity index is 2.06. The monoisotopic (exact) mass is 313 g/mol. The van der Waals surface area contributed by atoms with Crippen LogP contribution in [0.2, 0.25) is 0 Å². The molecule has 3 rings (SSSR count). The summed E-state index contributed by atoms with van der Waals surface area (Å²) in [6, 6.07) is 13.0. The molecule has 0 aliphatic heterocycles. The van der Waals surface area contributed by atoms with Crippen molar-refractivity contribution in [3.8, 4) is 11.7 Å².